The van der Waals surface area contributed by atoms with Crippen molar-refractivity contribution in [3.63, 3.8) is 0 Å². The summed E-state index contributed by atoms with van der Waals surface area (Å²) < 4.78 is 37.6. The molecule has 102 valence electrons. The number of anilines is 2. The zero-order valence-electron chi connectivity index (χ0n) is 11.0. The van der Waals surface area contributed by atoms with Crippen LogP contribution in [0.3, 0.4) is 0 Å². The van der Waals surface area contributed by atoms with Gasteiger partial charge in [-0.15, -0.1) is 0 Å². The fourth-order valence-electron chi connectivity index (χ4n) is 2.12. The summed E-state index contributed by atoms with van der Waals surface area (Å²) in [5.74, 6) is 0. The van der Waals surface area contributed by atoms with Gasteiger partial charge >= 0.3 is 6.18 Å². The topological polar surface area (TPSA) is 29.3 Å². The third kappa shape index (κ3) is 3.09. The largest absolute Gasteiger partial charge is 0.416 e. The van der Waals surface area contributed by atoms with Gasteiger partial charge in [-0.05, 0) is 45.9 Å². The first-order chi connectivity index (χ1) is 8.14. The Bertz CT molecular complexity index is 403. The molecule has 0 aliphatic carbocycles. The van der Waals surface area contributed by atoms with Crippen LogP contribution in [0, 0.1) is 0 Å². The summed E-state index contributed by atoms with van der Waals surface area (Å²) in [7, 11) is 0. The Morgan fingerprint density at radius 2 is 1.56 bits per heavy atom. The van der Waals surface area contributed by atoms with Gasteiger partial charge in [0.25, 0.3) is 0 Å². The minimum atomic E-state index is -4.35. The molecule has 1 aromatic carbocycles. The molecule has 0 spiro atoms. The second-order valence-electron chi connectivity index (χ2n) is 4.87. The molecule has 2 nitrogen and oxygen atoms in total. The molecule has 2 N–H and O–H groups in total. The van der Waals surface area contributed by atoms with Crippen LogP contribution in [0.4, 0.5) is 24.5 Å². The van der Waals surface area contributed by atoms with Crippen LogP contribution in [0.2, 0.25) is 0 Å². The van der Waals surface area contributed by atoms with Gasteiger partial charge in [-0.1, -0.05) is 0 Å². The fraction of sp³-hybridized carbons (Fsp3) is 0.538. The van der Waals surface area contributed by atoms with Crippen molar-refractivity contribution in [2.75, 3.05) is 10.6 Å². The Labute approximate surface area is 106 Å². The van der Waals surface area contributed by atoms with Gasteiger partial charge in [0.15, 0.2) is 0 Å². The maximum absolute atomic E-state index is 12.5. The van der Waals surface area contributed by atoms with E-state index in [0.29, 0.717) is 5.69 Å². The molecule has 0 aliphatic heterocycles. The van der Waals surface area contributed by atoms with Crippen molar-refractivity contribution in [3.8, 4) is 0 Å². The molecule has 1 aromatic rings. The van der Waals surface area contributed by atoms with Crippen molar-refractivity contribution in [2.24, 2.45) is 0 Å². The van der Waals surface area contributed by atoms with E-state index in [4.69, 9.17) is 5.73 Å². The lowest BCUT2D eigenvalue weighted by atomic mass is 10.1. The minimum absolute atomic E-state index is 0.159. The first-order valence-corrected chi connectivity index (χ1v) is 5.89. The molecule has 0 saturated carbocycles. The molecule has 18 heavy (non-hydrogen) atoms. The molecule has 0 aliphatic rings. The van der Waals surface area contributed by atoms with E-state index in [1.54, 1.807) is 0 Å². The Kier molecular flexibility index (Phi) is 4.14. The van der Waals surface area contributed by atoms with Crippen LogP contribution < -0.4 is 10.6 Å². The van der Waals surface area contributed by atoms with Crippen LogP contribution in [0.1, 0.15) is 33.3 Å². The highest BCUT2D eigenvalue weighted by molar-refractivity contribution is 5.69. The molecule has 0 atom stereocenters. The second kappa shape index (κ2) is 5.08. The Hall–Kier alpha value is -1.39. The lowest BCUT2D eigenvalue weighted by Gasteiger charge is -2.34. The van der Waals surface area contributed by atoms with Crippen LogP contribution in [-0.2, 0) is 6.18 Å². The zero-order valence-corrected chi connectivity index (χ0v) is 11.0. The number of nitrogens with zero attached hydrogens (tertiary/aromatic N) is 1. The molecular formula is C13H19F3N2. The van der Waals surface area contributed by atoms with Crippen molar-refractivity contribution in [3.05, 3.63) is 23.8 Å². The first-order valence-electron chi connectivity index (χ1n) is 5.89. The highest BCUT2D eigenvalue weighted by Gasteiger charge is 2.31. The van der Waals surface area contributed by atoms with Gasteiger partial charge in [0.2, 0.25) is 0 Å². The fourth-order valence-corrected chi connectivity index (χ4v) is 2.12. The summed E-state index contributed by atoms with van der Waals surface area (Å²) in [6.45, 7) is 7.93. The van der Waals surface area contributed by atoms with Gasteiger partial charge < -0.3 is 10.6 Å². The molecule has 0 aromatic heterocycles. The number of nitrogens with two attached hydrogens (primary N) is 1. The number of hydrogen-bond acceptors (Lipinski definition) is 2. The zero-order chi connectivity index (χ0) is 14.1. The van der Waals surface area contributed by atoms with Gasteiger partial charge in [-0.3, -0.25) is 0 Å². The maximum atomic E-state index is 12.5. The monoisotopic (exact) mass is 260 g/mol. The van der Waals surface area contributed by atoms with Crippen molar-refractivity contribution < 1.29 is 13.2 Å². The average molecular weight is 260 g/mol. The van der Waals surface area contributed by atoms with Crippen molar-refractivity contribution in [2.45, 2.75) is 46.0 Å². The number of hydrogen-bond donors (Lipinski definition) is 1. The summed E-state index contributed by atoms with van der Waals surface area (Å²) in [5.41, 5.74) is 5.85. The van der Waals surface area contributed by atoms with E-state index in [1.165, 1.54) is 6.07 Å². The van der Waals surface area contributed by atoms with Crippen LogP contribution in [0.25, 0.3) is 0 Å². The molecule has 0 saturated heterocycles. The standard InChI is InChI=1S/C13H19F3N2/c1-8(2)18(9(3)4)12-6-5-10(7-11(12)17)13(14,15)16/h5-9H,17H2,1-4H3. The van der Waals surface area contributed by atoms with E-state index in [9.17, 15) is 13.2 Å². The van der Waals surface area contributed by atoms with E-state index in [0.717, 1.165) is 12.1 Å². The average Bonchev–Trinajstić information content (AvgIpc) is 2.18. The van der Waals surface area contributed by atoms with Gasteiger partial charge in [0.05, 0.1) is 16.9 Å². The number of benzene rings is 1. The van der Waals surface area contributed by atoms with Gasteiger partial charge in [-0.25, -0.2) is 0 Å². The van der Waals surface area contributed by atoms with Crippen LogP contribution >= 0.6 is 0 Å². The normalized spacial score (nSPS) is 12.3. The Morgan fingerprint density at radius 1 is 1.06 bits per heavy atom. The number of nitrogen functional groups attached to an aromatic ring is 1. The second-order valence-corrected chi connectivity index (χ2v) is 4.87. The van der Waals surface area contributed by atoms with Gasteiger partial charge in [0, 0.05) is 12.1 Å². The first kappa shape index (κ1) is 14.7. The van der Waals surface area contributed by atoms with Crippen molar-refractivity contribution in [1.29, 1.82) is 0 Å². The third-order valence-corrected chi connectivity index (χ3v) is 2.75. The van der Waals surface area contributed by atoms with E-state index in [-0.39, 0.29) is 17.8 Å². The smallest absolute Gasteiger partial charge is 0.397 e. The number of alkyl halides is 3. The molecule has 5 heteroatoms. The highest BCUT2D eigenvalue weighted by Crippen LogP contribution is 2.35. The third-order valence-electron chi connectivity index (χ3n) is 2.75. The van der Waals surface area contributed by atoms with E-state index in [1.807, 2.05) is 32.6 Å². The molecule has 0 heterocycles. The van der Waals surface area contributed by atoms with Crippen molar-refractivity contribution >= 4 is 11.4 Å². The van der Waals surface area contributed by atoms with Gasteiger partial charge in [-0.2, -0.15) is 13.2 Å². The summed E-state index contributed by atoms with van der Waals surface area (Å²) in [4.78, 5) is 2.00. The molecule has 0 amide bonds. The van der Waals surface area contributed by atoms with E-state index >= 15 is 0 Å². The highest BCUT2D eigenvalue weighted by atomic mass is 19.4. The Morgan fingerprint density at radius 3 is 1.89 bits per heavy atom. The summed E-state index contributed by atoms with van der Waals surface area (Å²) in [6.07, 6.45) is -4.35. The molecular weight excluding hydrogens is 241 g/mol. The lowest BCUT2D eigenvalue weighted by molar-refractivity contribution is -0.137. The molecule has 0 bridgehead atoms. The summed E-state index contributed by atoms with van der Waals surface area (Å²) in [5, 5.41) is 0. The molecule has 0 fully saturated rings. The maximum Gasteiger partial charge on any atom is 0.416 e. The van der Waals surface area contributed by atoms with E-state index in [2.05, 4.69) is 0 Å². The molecule has 0 unspecified atom stereocenters. The minimum Gasteiger partial charge on any atom is -0.397 e. The van der Waals surface area contributed by atoms with Crippen LogP contribution in [0.15, 0.2) is 18.2 Å². The van der Waals surface area contributed by atoms with E-state index < -0.39 is 11.7 Å². The van der Waals surface area contributed by atoms with Crippen LogP contribution in [-0.4, -0.2) is 12.1 Å². The molecule has 1 rings (SSSR count). The van der Waals surface area contributed by atoms with Gasteiger partial charge in [0.1, 0.15) is 0 Å². The summed E-state index contributed by atoms with van der Waals surface area (Å²) in [6, 6.07) is 3.85. The predicted octanol–water partition coefficient (Wildman–Crippen LogP) is 3.91. The lowest BCUT2D eigenvalue weighted by Crippen LogP contribution is -2.37. The number of rotatable bonds is 3. The quantitative estimate of drug-likeness (QED) is 0.835. The molecule has 0 radical (unpaired) electrons. The Balaban J connectivity index is 3.20. The van der Waals surface area contributed by atoms with Crippen LogP contribution in [0.5, 0.6) is 0 Å². The predicted molar refractivity (Wildman–Crippen MR) is 68.6 cm³/mol. The summed E-state index contributed by atoms with van der Waals surface area (Å²) >= 11 is 0. The number of halogens is 3. The van der Waals surface area contributed by atoms with Crippen molar-refractivity contribution in [1.82, 2.24) is 0 Å². The SMILES string of the molecule is CC(C)N(c1ccc(C(F)(F)F)cc1N)C(C)C.